The Morgan fingerprint density at radius 1 is 1.39 bits per heavy atom. The average Bonchev–Trinajstić information content (AvgIpc) is 2.78. The largest absolute Gasteiger partial charge is 0.494 e. The van der Waals surface area contributed by atoms with Crippen molar-refractivity contribution in [3.63, 3.8) is 0 Å². The molecule has 3 rings (SSSR count). The Bertz CT molecular complexity index is 813. The summed E-state index contributed by atoms with van der Waals surface area (Å²) in [4.78, 5) is 16.4. The van der Waals surface area contributed by atoms with E-state index in [0.717, 1.165) is 5.39 Å². The molecule has 0 bridgehead atoms. The van der Waals surface area contributed by atoms with E-state index in [-0.39, 0.29) is 5.43 Å². The summed E-state index contributed by atoms with van der Waals surface area (Å²) < 4.78 is 6.08. The first-order valence-corrected chi connectivity index (χ1v) is 6.50. The van der Waals surface area contributed by atoms with E-state index in [9.17, 15) is 4.79 Å². The van der Waals surface area contributed by atoms with Gasteiger partial charge < -0.3 is 4.74 Å². The van der Waals surface area contributed by atoms with Gasteiger partial charge in [-0.3, -0.25) is 9.78 Å². The molecule has 0 unspecified atom stereocenters. The summed E-state index contributed by atoms with van der Waals surface area (Å²) in [5.74, 6) is 0.611. The number of hydrogen-bond donors (Lipinski definition) is 0. The lowest BCUT2D eigenvalue weighted by Gasteiger charge is -2.01. The fourth-order valence-electron chi connectivity index (χ4n) is 1.97. The zero-order valence-electron chi connectivity index (χ0n) is 9.44. The van der Waals surface area contributed by atoms with Crippen LogP contribution in [0.25, 0.3) is 21.0 Å². The number of methoxy groups -OCH3 is 1. The van der Waals surface area contributed by atoms with Gasteiger partial charge in [0.1, 0.15) is 5.52 Å². The molecule has 0 amide bonds. The van der Waals surface area contributed by atoms with Crippen LogP contribution in [0.5, 0.6) is 5.75 Å². The van der Waals surface area contributed by atoms with Crippen LogP contribution in [0, 0.1) is 0 Å². The first-order valence-electron chi connectivity index (χ1n) is 5.24. The van der Waals surface area contributed by atoms with Crippen molar-refractivity contribution in [2.75, 3.05) is 7.11 Å². The van der Waals surface area contributed by atoms with Gasteiger partial charge in [-0.25, -0.2) is 0 Å². The fourth-order valence-corrected chi connectivity index (χ4v) is 2.94. The molecule has 3 aromatic rings. The molecule has 0 spiro atoms. The summed E-state index contributed by atoms with van der Waals surface area (Å²) >= 11 is 7.31. The van der Waals surface area contributed by atoms with Crippen molar-refractivity contribution in [3.05, 3.63) is 45.0 Å². The van der Waals surface area contributed by atoms with Crippen molar-refractivity contribution in [3.8, 4) is 5.75 Å². The summed E-state index contributed by atoms with van der Waals surface area (Å²) in [5.41, 5.74) is 0.602. The van der Waals surface area contributed by atoms with Crippen LogP contribution in [0.1, 0.15) is 0 Å². The Labute approximate surface area is 112 Å². The normalized spacial score (nSPS) is 11.0. The quantitative estimate of drug-likeness (QED) is 0.684. The van der Waals surface area contributed by atoms with Crippen LogP contribution >= 0.6 is 22.9 Å². The summed E-state index contributed by atoms with van der Waals surface area (Å²) in [7, 11) is 1.58. The molecule has 1 aromatic carbocycles. The standard InChI is InChI=1S/C13H8ClNO2S/c1-17-12-9-2-3-18-13(9)10(16)5-7-4-8(14)6-15-11(7)12/h2-6H,1H3. The molecule has 0 saturated carbocycles. The van der Waals surface area contributed by atoms with E-state index in [1.54, 1.807) is 25.4 Å². The van der Waals surface area contributed by atoms with E-state index < -0.39 is 0 Å². The van der Waals surface area contributed by atoms with Crippen molar-refractivity contribution in [1.29, 1.82) is 0 Å². The first-order chi connectivity index (χ1) is 8.70. The number of rotatable bonds is 1. The Balaban J connectivity index is 2.66. The maximum absolute atomic E-state index is 12.1. The maximum atomic E-state index is 12.1. The van der Waals surface area contributed by atoms with Crippen LogP contribution in [0.3, 0.4) is 0 Å². The van der Waals surface area contributed by atoms with Crippen LogP contribution in [0.15, 0.2) is 34.6 Å². The molecule has 0 saturated heterocycles. The van der Waals surface area contributed by atoms with Crippen LogP contribution in [0.2, 0.25) is 5.02 Å². The SMILES string of the molecule is COc1c2ccsc2c(=O)cc2cc(Cl)cnc12. The molecule has 0 aliphatic heterocycles. The third kappa shape index (κ3) is 1.65. The molecule has 0 radical (unpaired) electrons. The smallest absolute Gasteiger partial charge is 0.197 e. The second kappa shape index (κ2) is 4.23. The minimum absolute atomic E-state index is 0.0441. The van der Waals surface area contributed by atoms with Crippen LogP contribution < -0.4 is 10.2 Å². The zero-order valence-corrected chi connectivity index (χ0v) is 11.0. The van der Waals surface area contributed by atoms with Gasteiger partial charge in [0.2, 0.25) is 0 Å². The van der Waals surface area contributed by atoms with Gasteiger partial charge in [0.05, 0.1) is 16.8 Å². The minimum atomic E-state index is -0.0441. The number of pyridine rings is 1. The monoisotopic (exact) mass is 277 g/mol. The Hall–Kier alpha value is -1.65. The highest BCUT2D eigenvalue weighted by molar-refractivity contribution is 7.17. The zero-order chi connectivity index (χ0) is 12.7. The van der Waals surface area contributed by atoms with Gasteiger partial charge in [-0.2, -0.15) is 0 Å². The molecule has 2 heterocycles. The van der Waals surface area contributed by atoms with Crippen molar-refractivity contribution < 1.29 is 4.74 Å². The number of aromatic nitrogens is 1. The van der Waals surface area contributed by atoms with Gasteiger partial charge in [0.15, 0.2) is 11.2 Å². The number of fused-ring (bicyclic) bond motifs is 2. The van der Waals surface area contributed by atoms with E-state index in [4.69, 9.17) is 16.3 Å². The Morgan fingerprint density at radius 2 is 2.22 bits per heavy atom. The Morgan fingerprint density at radius 3 is 3.00 bits per heavy atom. The van der Waals surface area contributed by atoms with E-state index in [0.29, 0.717) is 26.4 Å². The molecule has 3 nitrogen and oxygen atoms in total. The minimum Gasteiger partial charge on any atom is -0.494 e. The fraction of sp³-hybridized carbons (Fsp3) is 0.0769. The van der Waals surface area contributed by atoms with E-state index >= 15 is 0 Å². The number of ether oxygens (including phenoxy) is 1. The summed E-state index contributed by atoms with van der Waals surface area (Å²) in [6, 6.07) is 5.14. The molecule has 0 N–H and O–H groups in total. The second-order valence-corrected chi connectivity index (χ2v) is 5.15. The predicted octanol–water partition coefficient (Wildman–Crippen LogP) is 3.47. The van der Waals surface area contributed by atoms with Gasteiger partial charge >= 0.3 is 0 Å². The maximum Gasteiger partial charge on any atom is 0.197 e. The summed E-state index contributed by atoms with van der Waals surface area (Å²) in [6.45, 7) is 0. The van der Waals surface area contributed by atoms with Crippen molar-refractivity contribution in [2.24, 2.45) is 0 Å². The van der Waals surface area contributed by atoms with Crippen LogP contribution in [-0.2, 0) is 0 Å². The molecule has 0 fully saturated rings. The van der Waals surface area contributed by atoms with Gasteiger partial charge in [-0.15, -0.1) is 11.3 Å². The van der Waals surface area contributed by atoms with Crippen molar-refractivity contribution >= 4 is 43.9 Å². The van der Waals surface area contributed by atoms with E-state index in [1.165, 1.54) is 11.3 Å². The number of nitrogens with zero attached hydrogens (tertiary/aromatic N) is 1. The van der Waals surface area contributed by atoms with Crippen LogP contribution in [-0.4, -0.2) is 12.1 Å². The summed E-state index contributed by atoms with van der Waals surface area (Å²) in [6.07, 6.45) is 1.55. The van der Waals surface area contributed by atoms with E-state index in [1.807, 2.05) is 11.4 Å². The molecular formula is C13H8ClNO2S. The van der Waals surface area contributed by atoms with Gasteiger partial charge in [0.25, 0.3) is 0 Å². The molecule has 5 heteroatoms. The summed E-state index contributed by atoms with van der Waals surface area (Å²) in [5, 5.41) is 3.85. The lowest BCUT2D eigenvalue weighted by atomic mass is 10.2. The van der Waals surface area contributed by atoms with E-state index in [2.05, 4.69) is 4.98 Å². The third-order valence-electron chi connectivity index (χ3n) is 2.72. The molecule has 0 aliphatic carbocycles. The topological polar surface area (TPSA) is 39.2 Å². The van der Waals surface area contributed by atoms with Crippen molar-refractivity contribution in [2.45, 2.75) is 0 Å². The highest BCUT2D eigenvalue weighted by Gasteiger charge is 2.11. The molecule has 0 atom stereocenters. The lowest BCUT2D eigenvalue weighted by molar-refractivity contribution is 0.424. The number of hydrogen-bond acceptors (Lipinski definition) is 4. The lowest BCUT2D eigenvalue weighted by Crippen LogP contribution is -1.91. The van der Waals surface area contributed by atoms with Gasteiger partial charge in [-0.05, 0) is 23.6 Å². The predicted molar refractivity (Wildman–Crippen MR) is 75.0 cm³/mol. The average molecular weight is 278 g/mol. The number of thiophene rings is 1. The van der Waals surface area contributed by atoms with Gasteiger partial charge in [0, 0.05) is 17.0 Å². The number of halogens is 1. The molecule has 0 aliphatic rings. The molecule has 2 aromatic heterocycles. The highest BCUT2D eigenvalue weighted by atomic mass is 35.5. The third-order valence-corrected chi connectivity index (χ3v) is 3.86. The first kappa shape index (κ1) is 11.4. The Kier molecular flexibility index (Phi) is 2.69. The molecule has 18 heavy (non-hydrogen) atoms. The van der Waals surface area contributed by atoms with Crippen LogP contribution in [0.4, 0.5) is 0 Å². The second-order valence-electron chi connectivity index (χ2n) is 3.80. The van der Waals surface area contributed by atoms with Crippen molar-refractivity contribution in [1.82, 2.24) is 4.98 Å². The highest BCUT2D eigenvalue weighted by Crippen LogP contribution is 2.32. The van der Waals surface area contributed by atoms with Gasteiger partial charge in [-0.1, -0.05) is 11.6 Å². The molecule has 90 valence electrons. The molecular weight excluding hydrogens is 270 g/mol.